The molecular formula is C14H13F3N2O3. The minimum absolute atomic E-state index is 0.0133. The van der Waals surface area contributed by atoms with Gasteiger partial charge in [0.1, 0.15) is 0 Å². The Morgan fingerprint density at radius 2 is 1.91 bits per heavy atom. The number of anilines is 1. The number of para-hydroxylation sites is 1. The lowest BCUT2D eigenvalue weighted by Gasteiger charge is -2.25. The second-order valence-electron chi connectivity index (χ2n) is 4.28. The number of alkyl halides is 3. The fourth-order valence-corrected chi connectivity index (χ4v) is 1.63. The van der Waals surface area contributed by atoms with Gasteiger partial charge in [0, 0.05) is 12.2 Å². The normalized spacial score (nSPS) is 12.1. The second-order valence-corrected chi connectivity index (χ2v) is 4.28. The van der Waals surface area contributed by atoms with Crippen LogP contribution >= 0.6 is 0 Å². The molecule has 0 heterocycles. The molecule has 0 radical (unpaired) electrons. The number of carbonyl (C=O) groups is 2. The predicted octanol–water partition coefficient (Wildman–Crippen LogP) is 2.43. The molecule has 0 saturated carbocycles. The van der Waals surface area contributed by atoms with Gasteiger partial charge in [-0.25, -0.2) is 4.79 Å². The number of benzene rings is 1. The van der Waals surface area contributed by atoms with E-state index in [-0.39, 0.29) is 13.0 Å². The van der Waals surface area contributed by atoms with E-state index in [0.717, 1.165) is 11.8 Å². The van der Waals surface area contributed by atoms with E-state index in [2.05, 4.69) is 4.74 Å². The summed E-state index contributed by atoms with van der Waals surface area (Å²) in [6.07, 6.45) is -6.80. The molecule has 1 aromatic rings. The van der Waals surface area contributed by atoms with Crippen LogP contribution in [-0.2, 0) is 14.3 Å². The number of nitriles is 1. The molecule has 0 spiro atoms. The summed E-state index contributed by atoms with van der Waals surface area (Å²) in [5.74, 6) is -3.26. The van der Waals surface area contributed by atoms with Crippen molar-refractivity contribution < 1.29 is 27.5 Å². The largest absolute Gasteiger partial charge is 0.490 e. The monoisotopic (exact) mass is 314 g/mol. The van der Waals surface area contributed by atoms with Gasteiger partial charge in [-0.3, -0.25) is 4.79 Å². The highest BCUT2D eigenvalue weighted by Crippen LogP contribution is 2.20. The van der Waals surface area contributed by atoms with E-state index in [1.165, 1.54) is 0 Å². The Hall–Kier alpha value is -2.56. The number of ether oxygens (including phenoxy) is 1. The molecule has 0 aliphatic rings. The molecule has 1 atom stereocenters. The number of rotatable bonds is 5. The van der Waals surface area contributed by atoms with Gasteiger partial charge >= 0.3 is 12.1 Å². The molecule has 1 amide bonds. The summed E-state index contributed by atoms with van der Waals surface area (Å²) < 4.78 is 40.6. The van der Waals surface area contributed by atoms with Crippen LogP contribution < -0.4 is 4.90 Å². The maximum atomic E-state index is 12.2. The van der Waals surface area contributed by atoms with Crippen LogP contribution in [0.5, 0.6) is 0 Å². The number of amides is 1. The van der Waals surface area contributed by atoms with E-state index in [1.54, 1.807) is 30.3 Å². The van der Waals surface area contributed by atoms with Gasteiger partial charge in [0.2, 0.25) is 0 Å². The number of halogens is 3. The minimum Gasteiger partial charge on any atom is -0.446 e. The Morgan fingerprint density at radius 1 is 1.32 bits per heavy atom. The topological polar surface area (TPSA) is 70.4 Å². The molecule has 0 aromatic heterocycles. The fourth-order valence-electron chi connectivity index (χ4n) is 1.63. The van der Waals surface area contributed by atoms with Crippen LogP contribution in [0.25, 0.3) is 0 Å². The smallest absolute Gasteiger partial charge is 0.446 e. The highest BCUT2D eigenvalue weighted by Gasteiger charge is 2.43. The molecule has 0 aliphatic carbocycles. The van der Waals surface area contributed by atoms with Crippen molar-refractivity contribution in [1.82, 2.24) is 0 Å². The summed E-state index contributed by atoms with van der Waals surface area (Å²) in [5.41, 5.74) is 0.401. The Kier molecular flexibility index (Phi) is 5.92. The molecule has 0 N–H and O–H groups in total. The second kappa shape index (κ2) is 7.45. The summed E-state index contributed by atoms with van der Waals surface area (Å²) in [5, 5.41) is 8.61. The van der Waals surface area contributed by atoms with Crippen LogP contribution in [0.15, 0.2) is 30.3 Å². The first-order valence-corrected chi connectivity index (χ1v) is 6.28. The number of hydrogen-bond donors (Lipinski definition) is 0. The summed E-state index contributed by atoms with van der Waals surface area (Å²) in [7, 11) is 0. The van der Waals surface area contributed by atoms with Crippen LogP contribution in [0, 0.1) is 11.3 Å². The molecule has 8 heteroatoms. The Labute approximate surface area is 124 Å². The highest BCUT2D eigenvalue weighted by atomic mass is 19.4. The molecular weight excluding hydrogens is 301 g/mol. The van der Waals surface area contributed by atoms with Gasteiger partial charge in [0.15, 0.2) is 6.10 Å². The molecule has 0 saturated heterocycles. The zero-order valence-electron chi connectivity index (χ0n) is 11.6. The molecule has 1 aromatic carbocycles. The van der Waals surface area contributed by atoms with Crippen molar-refractivity contribution in [2.45, 2.75) is 25.6 Å². The summed E-state index contributed by atoms with van der Waals surface area (Å²) in [4.78, 5) is 24.1. The molecule has 22 heavy (non-hydrogen) atoms. The van der Waals surface area contributed by atoms with E-state index in [4.69, 9.17) is 5.26 Å². The third kappa shape index (κ3) is 4.77. The number of hydrogen-bond acceptors (Lipinski definition) is 4. The first kappa shape index (κ1) is 17.5. The molecule has 0 aliphatic heterocycles. The Bertz CT molecular complexity index is 567. The summed E-state index contributed by atoms with van der Waals surface area (Å²) in [6.45, 7) is 1.03. The van der Waals surface area contributed by atoms with E-state index >= 15 is 0 Å². The predicted molar refractivity (Wildman–Crippen MR) is 70.6 cm³/mol. The van der Waals surface area contributed by atoms with Crippen molar-refractivity contribution in [3.05, 3.63) is 30.3 Å². The molecule has 0 bridgehead atoms. The van der Waals surface area contributed by atoms with Gasteiger partial charge in [0.25, 0.3) is 5.91 Å². The van der Waals surface area contributed by atoms with E-state index in [0.29, 0.717) is 5.69 Å². The molecule has 1 rings (SSSR count). The first-order chi connectivity index (χ1) is 10.3. The van der Waals surface area contributed by atoms with Crippen molar-refractivity contribution in [3.63, 3.8) is 0 Å². The summed E-state index contributed by atoms with van der Waals surface area (Å²) >= 11 is 0. The summed E-state index contributed by atoms with van der Waals surface area (Å²) in [6, 6.07) is 9.94. The number of carbonyl (C=O) groups excluding carboxylic acids is 2. The third-order valence-corrected chi connectivity index (χ3v) is 2.64. The SMILES string of the molecule is CC(OC(=O)C(F)(F)F)C(=O)N(CCC#N)c1ccccc1. The van der Waals surface area contributed by atoms with Crippen LogP contribution in [0.4, 0.5) is 18.9 Å². The van der Waals surface area contributed by atoms with Crippen molar-refractivity contribution in [2.75, 3.05) is 11.4 Å². The third-order valence-electron chi connectivity index (χ3n) is 2.64. The van der Waals surface area contributed by atoms with E-state index < -0.39 is 24.2 Å². The zero-order valence-corrected chi connectivity index (χ0v) is 11.6. The van der Waals surface area contributed by atoms with Crippen molar-refractivity contribution >= 4 is 17.6 Å². The highest BCUT2D eigenvalue weighted by molar-refractivity contribution is 5.97. The first-order valence-electron chi connectivity index (χ1n) is 6.28. The molecule has 0 fully saturated rings. The average molecular weight is 314 g/mol. The van der Waals surface area contributed by atoms with Gasteiger partial charge in [0.05, 0.1) is 12.5 Å². The van der Waals surface area contributed by atoms with Gasteiger partial charge in [-0.2, -0.15) is 18.4 Å². The van der Waals surface area contributed by atoms with Crippen molar-refractivity contribution in [3.8, 4) is 6.07 Å². The maximum absolute atomic E-state index is 12.2. The lowest BCUT2D eigenvalue weighted by molar-refractivity contribution is -0.204. The Balaban J connectivity index is 2.88. The lowest BCUT2D eigenvalue weighted by atomic mass is 10.2. The van der Waals surface area contributed by atoms with Gasteiger partial charge in [-0.05, 0) is 19.1 Å². The van der Waals surface area contributed by atoms with Gasteiger partial charge in [-0.15, -0.1) is 0 Å². The standard InChI is InChI=1S/C14H13F3N2O3/c1-10(22-13(21)14(15,16)17)12(20)19(9-5-8-18)11-6-3-2-4-7-11/h2-4,6-7,10H,5,9H2,1H3. The van der Waals surface area contributed by atoms with Crippen LogP contribution in [0.2, 0.25) is 0 Å². The zero-order chi connectivity index (χ0) is 16.8. The quantitative estimate of drug-likeness (QED) is 0.783. The van der Waals surface area contributed by atoms with Crippen molar-refractivity contribution in [1.29, 1.82) is 5.26 Å². The number of esters is 1. The van der Waals surface area contributed by atoms with E-state index in [9.17, 15) is 22.8 Å². The lowest BCUT2D eigenvalue weighted by Crippen LogP contribution is -2.42. The Morgan fingerprint density at radius 3 is 2.41 bits per heavy atom. The van der Waals surface area contributed by atoms with Crippen LogP contribution in [0.3, 0.4) is 0 Å². The average Bonchev–Trinajstić information content (AvgIpc) is 2.47. The van der Waals surface area contributed by atoms with Gasteiger partial charge in [-0.1, -0.05) is 18.2 Å². The molecule has 118 valence electrons. The van der Waals surface area contributed by atoms with E-state index in [1.807, 2.05) is 6.07 Å². The van der Waals surface area contributed by atoms with Crippen molar-refractivity contribution in [2.24, 2.45) is 0 Å². The number of nitrogens with zero attached hydrogens (tertiary/aromatic N) is 2. The van der Waals surface area contributed by atoms with Crippen LogP contribution in [-0.4, -0.2) is 30.7 Å². The molecule has 1 unspecified atom stereocenters. The fraction of sp³-hybridized carbons (Fsp3) is 0.357. The van der Waals surface area contributed by atoms with Crippen LogP contribution in [0.1, 0.15) is 13.3 Å². The minimum atomic E-state index is -5.17. The molecule has 5 nitrogen and oxygen atoms in total. The van der Waals surface area contributed by atoms with Gasteiger partial charge < -0.3 is 9.64 Å². The maximum Gasteiger partial charge on any atom is 0.490 e.